The Balaban J connectivity index is 1.68. The van der Waals surface area contributed by atoms with Gasteiger partial charge in [0.2, 0.25) is 11.6 Å². The van der Waals surface area contributed by atoms with Crippen LogP contribution in [0.25, 0.3) is 0 Å². The average molecular weight is 495 g/mol. The van der Waals surface area contributed by atoms with Crippen LogP contribution in [-0.4, -0.2) is 24.8 Å². The summed E-state index contributed by atoms with van der Waals surface area (Å²) in [5.41, 5.74) is 0.755. The lowest BCUT2D eigenvalue weighted by Gasteiger charge is -2.08. The normalized spacial score (nSPS) is 10.8. The predicted octanol–water partition coefficient (Wildman–Crippen LogP) is 9.01. The third-order valence-electron chi connectivity index (χ3n) is 6.47. The molecule has 0 fully saturated rings. The van der Waals surface area contributed by atoms with Gasteiger partial charge in [-0.25, -0.2) is 0 Å². The molecule has 36 heavy (non-hydrogen) atoms. The van der Waals surface area contributed by atoms with Crippen molar-refractivity contribution in [2.75, 3.05) is 13.2 Å². The molecule has 4 heteroatoms. The van der Waals surface area contributed by atoms with Crippen molar-refractivity contribution >= 4 is 11.6 Å². The number of Topliss-reactive ketones (excluding diaryl/α,β-unsaturated/α-hetero) is 2. The smallest absolute Gasteiger partial charge is 0.233 e. The zero-order valence-electron chi connectivity index (χ0n) is 22.6. The Morgan fingerprint density at radius 1 is 0.472 bits per heavy atom. The molecule has 0 unspecified atom stereocenters. The third kappa shape index (κ3) is 11.9. The molecule has 0 amide bonds. The van der Waals surface area contributed by atoms with E-state index in [-0.39, 0.29) is 0 Å². The Kier molecular flexibility index (Phi) is 15.3. The number of hydrogen-bond acceptors (Lipinski definition) is 4. The third-order valence-corrected chi connectivity index (χ3v) is 6.47. The van der Waals surface area contributed by atoms with Crippen LogP contribution in [0.15, 0.2) is 48.5 Å². The van der Waals surface area contributed by atoms with E-state index in [0.717, 1.165) is 24.3 Å². The molecular weight excluding hydrogens is 448 g/mol. The first-order valence-electron chi connectivity index (χ1n) is 14.2. The molecule has 0 saturated heterocycles. The molecule has 0 aliphatic rings. The van der Waals surface area contributed by atoms with Crippen LogP contribution in [0.3, 0.4) is 0 Å². The lowest BCUT2D eigenvalue weighted by Crippen LogP contribution is -2.14. The molecule has 0 N–H and O–H groups in total. The van der Waals surface area contributed by atoms with E-state index in [1.54, 1.807) is 48.5 Å². The average Bonchev–Trinajstić information content (AvgIpc) is 2.91. The fourth-order valence-electron chi connectivity index (χ4n) is 4.17. The maximum absolute atomic E-state index is 12.7. The number of carbonyl (C=O) groups is 2. The molecule has 0 atom stereocenters. The minimum Gasteiger partial charge on any atom is -0.494 e. The number of benzene rings is 2. The molecule has 2 aromatic rings. The van der Waals surface area contributed by atoms with Crippen molar-refractivity contribution < 1.29 is 19.1 Å². The van der Waals surface area contributed by atoms with Crippen molar-refractivity contribution in [1.82, 2.24) is 0 Å². The Bertz CT molecular complexity index is 781. The highest BCUT2D eigenvalue weighted by Crippen LogP contribution is 2.18. The summed E-state index contributed by atoms with van der Waals surface area (Å²) >= 11 is 0. The van der Waals surface area contributed by atoms with Crippen LogP contribution in [0.5, 0.6) is 11.5 Å². The first-order valence-corrected chi connectivity index (χ1v) is 14.2. The van der Waals surface area contributed by atoms with Gasteiger partial charge in [0.1, 0.15) is 11.5 Å². The van der Waals surface area contributed by atoms with Crippen molar-refractivity contribution in [2.45, 2.75) is 104 Å². The van der Waals surface area contributed by atoms with Crippen molar-refractivity contribution in [1.29, 1.82) is 0 Å². The number of ether oxygens (including phenoxy) is 2. The second-order valence-electron chi connectivity index (χ2n) is 9.65. The molecule has 2 rings (SSSR count). The van der Waals surface area contributed by atoms with E-state index in [4.69, 9.17) is 9.47 Å². The molecule has 198 valence electrons. The van der Waals surface area contributed by atoms with Gasteiger partial charge < -0.3 is 9.47 Å². The highest BCUT2D eigenvalue weighted by molar-refractivity contribution is 6.49. The second-order valence-corrected chi connectivity index (χ2v) is 9.65. The van der Waals surface area contributed by atoms with Gasteiger partial charge in [0.15, 0.2) is 0 Å². The molecule has 0 heterocycles. The maximum atomic E-state index is 12.7. The topological polar surface area (TPSA) is 52.6 Å². The highest BCUT2D eigenvalue weighted by Gasteiger charge is 2.18. The lowest BCUT2D eigenvalue weighted by molar-refractivity contribution is 0.0817. The van der Waals surface area contributed by atoms with E-state index in [0.29, 0.717) is 24.3 Å². The van der Waals surface area contributed by atoms with Crippen molar-refractivity contribution in [3.8, 4) is 11.5 Å². The van der Waals surface area contributed by atoms with Crippen LogP contribution < -0.4 is 9.47 Å². The largest absolute Gasteiger partial charge is 0.494 e. The minimum absolute atomic E-state index is 0.377. The molecule has 0 bridgehead atoms. The molecule has 0 aliphatic heterocycles. The first kappa shape index (κ1) is 29.6. The number of rotatable bonds is 21. The van der Waals surface area contributed by atoms with Crippen LogP contribution in [0, 0.1) is 0 Å². The van der Waals surface area contributed by atoms with Crippen LogP contribution >= 0.6 is 0 Å². The number of ketones is 2. The summed E-state index contributed by atoms with van der Waals surface area (Å²) in [5, 5.41) is 0. The molecule has 0 aliphatic carbocycles. The van der Waals surface area contributed by atoms with E-state index in [2.05, 4.69) is 13.8 Å². The molecule has 0 radical (unpaired) electrons. The Hall–Kier alpha value is -2.62. The maximum Gasteiger partial charge on any atom is 0.233 e. The zero-order chi connectivity index (χ0) is 25.8. The van der Waals surface area contributed by atoms with Gasteiger partial charge >= 0.3 is 0 Å². The van der Waals surface area contributed by atoms with Gasteiger partial charge in [-0.3, -0.25) is 9.59 Å². The van der Waals surface area contributed by atoms with E-state index in [1.807, 2.05) is 0 Å². The zero-order valence-corrected chi connectivity index (χ0v) is 22.6. The van der Waals surface area contributed by atoms with Crippen molar-refractivity contribution in [3.05, 3.63) is 59.7 Å². The summed E-state index contributed by atoms with van der Waals surface area (Å²) in [6, 6.07) is 13.7. The Morgan fingerprint density at radius 3 is 1.11 bits per heavy atom. The highest BCUT2D eigenvalue weighted by atomic mass is 16.5. The minimum atomic E-state index is -0.509. The fourth-order valence-corrected chi connectivity index (χ4v) is 4.17. The van der Waals surface area contributed by atoms with Crippen molar-refractivity contribution in [3.63, 3.8) is 0 Å². The molecule has 4 nitrogen and oxygen atoms in total. The van der Waals surface area contributed by atoms with Gasteiger partial charge in [0.25, 0.3) is 0 Å². The van der Waals surface area contributed by atoms with Gasteiger partial charge in [0.05, 0.1) is 13.2 Å². The van der Waals surface area contributed by atoms with Crippen LogP contribution in [-0.2, 0) is 0 Å². The van der Waals surface area contributed by atoms with E-state index in [1.165, 1.54) is 77.0 Å². The Morgan fingerprint density at radius 2 is 0.778 bits per heavy atom. The summed E-state index contributed by atoms with van der Waals surface area (Å²) < 4.78 is 11.6. The summed E-state index contributed by atoms with van der Waals surface area (Å²) in [4.78, 5) is 25.3. The van der Waals surface area contributed by atoms with E-state index in [9.17, 15) is 9.59 Å². The summed E-state index contributed by atoms with van der Waals surface area (Å²) in [6.07, 6.45) is 17.4. The van der Waals surface area contributed by atoms with Gasteiger partial charge in [-0.2, -0.15) is 0 Å². The quantitative estimate of drug-likeness (QED) is 0.0987. The van der Waals surface area contributed by atoms with E-state index < -0.39 is 11.6 Å². The monoisotopic (exact) mass is 494 g/mol. The van der Waals surface area contributed by atoms with E-state index >= 15 is 0 Å². The summed E-state index contributed by atoms with van der Waals surface area (Å²) in [5.74, 6) is 0.440. The fraction of sp³-hybridized carbons (Fsp3) is 0.562. The first-order chi connectivity index (χ1) is 17.7. The van der Waals surface area contributed by atoms with Crippen LogP contribution in [0.1, 0.15) is 124 Å². The SMILES string of the molecule is CCCCCCCCCOc1ccc(C(=O)C(=O)c2ccc(OCCCCCCCCC)cc2)cc1. The standard InChI is InChI=1S/C32H46O4/c1-3-5-7-9-11-13-15-25-35-29-21-17-27(18-22-29)31(33)32(34)28-19-23-30(24-20-28)36-26-16-14-12-10-8-6-4-2/h17-24H,3-16,25-26H2,1-2H3. The van der Waals surface area contributed by atoms with Crippen LogP contribution in [0.4, 0.5) is 0 Å². The number of carbonyl (C=O) groups excluding carboxylic acids is 2. The predicted molar refractivity (Wildman–Crippen MR) is 149 cm³/mol. The molecule has 2 aromatic carbocycles. The number of hydrogen-bond donors (Lipinski definition) is 0. The lowest BCUT2D eigenvalue weighted by atomic mass is 10.0. The van der Waals surface area contributed by atoms with Crippen LogP contribution in [0.2, 0.25) is 0 Å². The summed E-state index contributed by atoms with van der Waals surface area (Å²) in [7, 11) is 0. The molecular formula is C32H46O4. The van der Waals surface area contributed by atoms with Gasteiger partial charge in [0, 0.05) is 11.1 Å². The van der Waals surface area contributed by atoms with Crippen molar-refractivity contribution in [2.24, 2.45) is 0 Å². The van der Waals surface area contributed by atoms with Gasteiger partial charge in [-0.15, -0.1) is 0 Å². The summed E-state index contributed by atoms with van der Waals surface area (Å²) in [6.45, 7) is 5.81. The second kappa shape index (κ2) is 18.6. The molecule has 0 aromatic heterocycles. The number of unbranched alkanes of at least 4 members (excludes halogenated alkanes) is 12. The molecule has 0 spiro atoms. The van der Waals surface area contributed by atoms with Gasteiger partial charge in [-0.1, -0.05) is 90.9 Å². The molecule has 0 saturated carbocycles. The Labute approximate surface area is 218 Å². The van der Waals surface area contributed by atoms with Gasteiger partial charge in [-0.05, 0) is 61.4 Å².